The smallest absolute Gasteiger partial charge is 0.354 e. The van der Waals surface area contributed by atoms with E-state index in [9.17, 15) is 22.8 Å². The molecule has 0 saturated heterocycles. The zero-order valence-electron chi connectivity index (χ0n) is 16.0. The van der Waals surface area contributed by atoms with Crippen LogP contribution in [-0.2, 0) is 6.18 Å². The zero-order chi connectivity index (χ0) is 20.8. The molecule has 2 heterocycles. The second-order valence-electron chi connectivity index (χ2n) is 7.04. The number of H-pyrrole nitrogens is 1. The molecule has 1 aliphatic rings. The van der Waals surface area contributed by atoms with Gasteiger partial charge in [-0.1, -0.05) is 6.92 Å². The van der Waals surface area contributed by atoms with Crippen molar-refractivity contribution in [1.29, 1.82) is 0 Å². The highest BCUT2D eigenvalue weighted by atomic mass is 32.2. The monoisotopic (exact) mass is 410 g/mol. The maximum atomic E-state index is 13.3. The Kier molecular flexibility index (Phi) is 5.36. The minimum absolute atomic E-state index is 0.160. The Bertz CT molecular complexity index is 950. The molecule has 3 rings (SSSR count). The van der Waals surface area contributed by atoms with E-state index in [2.05, 4.69) is 4.98 Å². The third kappa shape index (κ3) is 3.70. The minimum atomic E-state index is -4.49. The van der Waals surface area contributed by atoms with Crippen LogP contribution < -0.4 is 4.90 Å². The van der Waals surface area contributed by atoms with Crippen LogP contribution in [0.2, 0.25) is 0 Å². The molecule has 0 aliphatic carbocycles. The Morgan fingerprint density at radius 2 is 1.93 bits per heavy atom. The molecule has 0 spiro atoms. The van der Waals surface area contributed by atoms with Crippen LogP contribution in [0, 0.1) is 13.8 Å². The number of aromatic amines is 1. The lowest BCUT2D eigenvalue weighted by Crippen LogP contribution is -2.33. The van der Waals surface area contributed by atoms with Crippen molar-refractivity contribution in [1.82, 2.24) is 4.98 Å². The number of rotatable bonds is 2. The lowest BCUT2D eigenvalue weighted by molar-refractivity contribution is -0.137. The van der Waals surface area contributed by atoms with Crippen LogP contribution in [0.25, 0.3) is 0 Å². The molecule has 1 N–H and O–H groups in total. The van der Waals surface area contributed by atoms with Crippen molar-refractivity contribution in [2.45, 2.75) is 50.4 Å². The topological polar surface area (TPSA) is 53.2 Å². The van der Waals surface area contributed by atoms with E-state index in [-0.39, 0.29) is 22.4 Å². The van der Waals surface area contributed by atoms with Crippen LogP contribution in [0.3, 0.4) is 0 Å². The van der Waals surface area contributed by atoms with Gasteiger partial charge in [-0.15, -0.1) is 11.8 Å². The van der Waals surface area contributed by atoms with Crippen molar-refractivity contribution in [2.75, 3.05) is 11.4 Å². The number of carbonyl (C=O) groups is 2. The van der Waals surface area contributed by atoms with Crippen LogP contribution in [0.1, 0.15) is 57.9 Å². The number of hydrogen-bond donors (Lipinski definition) is 1. The second-order valence-corrected chi connectivity index (χ2v) is 8.52. The number of amides is 1. The summed E-state index contributed by atoms with van der Waals surface area (Å²) in [5.74, 6) is -0.589. The van der Waals surface area contributed by atoms with Gasteiger partial charge in [-0.2, -0.15) is 13.2 Å². The fraction of sp³-hybridized carbons (Fsp3) is 0.400. The fourth-order valence-corrected chi connectivity index (χ4v) is 4.64. The minimum Gasteiger partial charge on any atom is -0.354 e. The van der Waals surface area contributed by atoms with Gasteiger partial charge in [0.25, 0.3) is 5.91 Å². The molecule has 1 aromatic carbocycles. The molecule has 0 radical (unpaired) electrons. The van der Waals surface area contributed by atoms with Gasteiger partial charge in [-0.25, -0.2) is 0 Å². The molecule has 28 heavy (non-hydrogen) atoms. The van der Waals surface area contributed by atoms with Crippen molar-refractivity contribution in [3.05, 3.63) is 46.3 Å². The number of Topliss-reactive ketones (excluding diaryl/α,β-unsaturated/α-hetero) is 1. The first-order valence-electron chi connectivity index (χ1n) is 8.90. The van der Waals surface area contributed by atoms with Gasteiger partial charge in [0, 0.05) is 27.9 Å². The average molecular weight is 410 g/mol. The highest BCUT2D eigenvalue weighted by molar-refractivity contribution is 8.00. The van der Waals surface area contributed by atoms with Gasteiger partial charge in [-0.05, 0) is 51.0 Å². The van der Waals surface area contributed by atoms with E-state index < -0.39 is 17.6 Å². The molecule has 0 bridgehead atoms. The first-order chi connectivity index (χ1) is 13.0. The van der Waals surface area contributed by atoms with E-state index in [1.807, 2.05) is 6.92 Å². The number of thioether (sulfide) groups is 1. The van der Waals surface area contributed by atoms with Gasteiger partial charge in [-0.3, -0.25) is 9.59 Å². The number of carbonyl (C=O) groups excluding carboxylic acids is 2. The molecule has 1 atom stereocenters. The lowest BCUT2D eigenvalue weighted by atomic mass is 10.1. The Morgan fingerprint density at radius 1 is 1.25 bits per heavy atom. The first-order valence-corrected chi connectivity index (χ1v) is 9.78. The number of nitrogens with one attached hydrogen (secondary N) is 1. The molecular formula is C20H21F3N2O2S. The Balaban J connectivity index is 2.11. The fourth-order valence-electron chi connectivity index (χ4n) is 3.55. The number of ketones is 1. The number of aryl methyl sites for hydroxylation is 1. The third-order valence-corrected chi connectivity index (χ3v) is 6.15. The van der Waals surface area contributed by atoms with Gasteiger partial charge in [0.15, 0.2) is 5.78 Å². The molecule has 150 valence electrons. The van der Waals surface area contributed by atoms with Crippen LogP contribution >= 0.6 is 11.8 Å². The second kappa shape index (κ2) is 7.31. The summed E-state index contributed by atoms with van der Waals surface area (Å²) >= 11 is 1.46. The van der Waals surface area contributed by atoms with Crippen LogP contribution in [0.15, 0.2) is 23.1 Å². The summed E-state index contributed by atoms with van der Waals surface area (Å²) in [4.78, 5) is 30.1. The van der Waals surface area contributed by atoms with E-state index in [1.54, 1.807) is 13.8 Å². The standard InChI is InChI=1S/C20H21F3N2O2S/c1-10-7-8-25(15-9-14(20(21,22)23)5-6-16(15)28-10)19(27)18-11(2)17(13(4)26)12(3)24-18/h5-6,9-10,24H,7-8H2,1-4H3. The molecule has 1 aromatic heterocycles. The SMILES string of the molecule is CC(=O)c1c(C)[nH]c(C(=O)N2CCC(C)Sc3ccc(C(F)(F)F)cc32)c1C. The molecule has 1 amide bonds. The van der Waals surface area contributed by atoms with E-state index in [0.29, 0.717) is 34.7 Å². The van der Waals surface area contributed by atoms with Crippen molar-refractivity contribution in [3.63, 3.8) is 0 Å². The quantitative estimate of drug-likeness (QED) is 0.676. The summed E-state index contributed by atoms with van der Waals surface area (Å²) in [6.45, 7) is 7.09. The van der Waals surface area contributed by atoms with Gasteiger partial charge < -0.3 is 9.88 Å². The maximum Gasteiger partial charge on any atom is 0.416 e. The number of benzene rings is 1. The molecule has 0 fully saturated rings. The average Bonchev–Trinajstić information content (AvgIpc) is 2.78. The van der Waals surface area contributed by atoms with Gasteiger partial charge >= 0.3 is 6.18 Å². The van der Waals surface area contributed by atoms with Crippen molar-refractivity contribution in [2.24, 2.45) is 0 Å². The van der Waals surface area contributed by atoms with Crippen LogP contribution in [0.4, 0.5) is 18.9 Å². The summed E-state index contributed by atoms with van der Waals surface area (Å²) in [6, 6.07) is 3.51. The Hall–Kier alpha value is -2.22. The summed E-state index contributed by atoms with van der Waals surface area (Å²) < 4.78 is 39.7. The summed E-state index contributed by atoms with van der Waals surface area (Å²) in [6.07, 6.45) is -3.85. The highest BCUT2D eigenvalue weighted by Crippen LogP contribution is 2.41. The first kappa shape index (κ1) is 20.5. The van der Waals surface area contributed by atoms with Crippen LogP contribution in [0.5, 0.6) is 0 Å². The summed E-state index contributed by atoms with van der Waals surface area (Å²) in [7, 11) is 0. The number of hydrogen-bond acceptors (Lipinski definition) is 3. The van der Waals surface area contributed by atoms with Gasteiger partial charge in [0.2, 0.25) is 0 Å². The number of nitrogens with zero attached hydrogens (tertiary/aromatic N) is 1. The number of halogens is 3. The van der Waals surface area contributed by atoms with Crippen molar-refractivity contribution < 1.29 is 22.8 Å². The Labute approximate surface area is 165 Å². The predicted molar refractivity (Wildman–Crippen MR) is 103 cm³/mol. The van der Waals surface area contributed by atoms with Crippen molar-refractivity contribution >= 4 is 29.1 Å². The zero-order valence-corrected chi connectivity index (χ0v) is 16.8. The third-order valence-electron chi connectivity index (χ3n) is 4.91. The number of alkyl halides is 3. The number of anilines is 1. The van der Waals surface area contributed by atoms with Gasteiger partial charge in [0.1, 0.15) is 5.69 Å². The molecular weight excluding hydrogens is 389 g/mol. The molecule has 4 nitrogen and oxygen atoms in total. The van der Waals surface area contributed by atoms with Gasteiger partial charge in [0.05, 0.1) is 11.3 Å². The van der Waals surface area contributed by atoms with Crippen LogP contribution in [-0.4, -0.2) is 28.5 Å². The van der Waals surface area contributed by atoms with E-state index in [1.165, 1.54) is 29.7 Å². The largest absolute Gasteiger partial charge is 0.416 e. The normalized spacial score (nSPS) is 17.2. The summed E-state index contributed by atoms with van der Waals surface area (Å²) in [5, 5.41) is 0.160. The molecule has 2 aromatic rings. The summed E-state index contributed by atoms with van der Waals surface area (Å²) in [5.41, 5.74) is 1.26. The Morgan fingerprint density at radius 3 is 2.50 bits per heavy atom. The highest BCUT2D eigenvalue weighted by Gasteiger charge is 2.34. The number of fused-ring (bicyclic) bond motifs is 1. The predicted octanol–water partition coefficient (Wildman–Crippen LogP) is 5.38. The van der Waals surface area contributed by atoms with E-state index in [0.717, 1.165) is 12.1 Å². The van der Waals surface area contributed by atoms with Crippen molar-refractivity contribution in [3.8, 4) is 0 Å². The lowest BCUT2D eigenvalue weighted by Gasteiger charge is -2.23. The maximum absolute atomic E-state index is 13.3. The molecule has 1 unspecified atom stereocenters. The molecule has 0 saturated carbocycles. The van der Waals surface area contributed by atoms with E-state index in [4.69, 9.17) is 0 Å². The molecule has 1 aliphatic heterocycles. The van der Waals surface area contributed by atoms with E-state index >= 15 is 0 Å². The molecule has 8 heteroatoms. The number of aromatic nitrogens is 1.